The number of piperidine rings is 1. The van der Waals surface area contributed by atoms with Crippen LogP contribution in [0.15, 0.2) is 60.7 Å². The van der Waals surface area contributed by atoms with Gasteiger partial charge in [0.25, 0.3) is 11.8 Å². The van der Waals surface area contributed by atoms with Gasteiger partial charge in [-0.3, -0.25) is 19.3 Å². The van der Waals surface area contributed by atoms with Crippen LogP contribution in [0.25, 0.3) is 10.8 Å². The Kier molecular flexibility index (Phi) is 6.41. The minimum absolute atomic E-state index is 0.0138. The highest BCUT2D eigenvalue weighted by Crippen LogP contribution is 2.36. The minimum Gasteiger partial charge on any atom is -0.370 e. The zero-order valence-corrected chi connectivity index (χ0v) is 22.7. The van der Waals surface area contributed by atoms with Crippen LogP contribution in [-0.2, 0) is 21.2 Å². The van der Waals surface area contributed by atoms with Crippen LogP contribution in [0, 0.1) is 5.92 Å². The Morgan fingerprint density at radius 1 is 0.974 bits per heavy atom. The van der Waals surface area contributed by atoms with Gasteiger partial charge in [0.2, 0.25) is 5.91 Å². The van der Waals surface area contributed by atoms with Gasteiger partial charge in [0.05, 0.1) is 40.3 Å². The van der Waals surface area contributed by atoms with Crippen LogP contribution in [0.1, 0.15) is 45.5 Å². The molecule has 9 heteroatoms. The van der Waals surface area contributed by atoms with Gasteiger partial charge in [0.1, 0.15) is 0 Å². The first-order valence-corrected chi connectivity index (χ1v) is 15.2. The molecule has 8 nitrogen and oxygen atoms in total. The summed E-state index contributed by atoms with van der Waals surface area (Å²) in [5.41, 5.74) is 2.37. The second-order valence-corrected chi connectivity index (χ2v) is 13.1. The molecule has 3 aromatic carbocycles. The lowest BCUT2D eigenvalue weighted by atomic mass is 9.94. The van der Waals surface area contributed by atoms with Crippen molar-refractivity contribution in [2.45, 2.75) is 31.8 Å². The molecule has 2 fully saturated rings. The van der Waals surface area contributed by atoms with E-state index < -0.39 is 27.7 Å². The summed E-state index contributed by atoms with van der Waals surface area (Å²) in [6.07, 6.45) is 1.81. The van der Waals surface area contributed by atoms with Gasteiger partial charge in [-0.1, -0.05) is 48.5 Å². The van der Waals surface area contributed by atoms with Crippen molar-refractivity contribution in [3.05, 3.63) is 77.4 Å². The van der Waals surface area contributed by atoms with Crippen LogP contribution in [-0.4, -0.2) is 73.6 Å². The summed E-state index contributed by atoms with van der Waals surface area (Å²) in [7, 11) is -1.42. The number of nitrogens with zero attached hydrogens (tertiary/aromatic N) is 3. The lowest BCUT2D eigenvalue weighted by Crippen LogP contribution is -2.44. The average Bonchev–Trinajstić information content (AvgIpc) is 3.43. The van der Waals surface area contributed by atoms with Gasteiger partial charge >= 0.3 is 0 Å². The van der Waals surface area contributed by atoms with Crippen molar-refractivity contribution >= 4 is 44.0 Å². The Bertz CT molecular complexity index is 1600. The smallest absolute Gasteiger partial charge is 0.263 e. The van der Waals surface area contributed by atoms with E-state index >= 15 is 0 Å². The SMILES string of the molecule is CN(Cc1cccc2ccccc12)C(=O)[C@H]1CCCN(c2cccc3c2C(=O)N([C@H]2CCS(=O)(=O)C2)C3=O)C1. The van der Waals surface area contributed by atoms with E-state index in [1.807, 2.05) is 36.2 Å². The highest BCUT2D eigenvalue weighted by molar-refractivity contribution is 7.91. The van der Waals surface area contributed by atoms with Crippen LogP contribution in [0.4, 0.5) is 5.69 Å². The molecular weight excluding hydrogens is 514 g/mol. The summed E-state index contributed by atoms with van der Waals surface area (Å²) < 4.78 is 24.1. The maximum atomic E-state index is 13.6. The van der Waals surface area contributed by atoms with Crippen molar-refractivity contribution in [3.8, 4) is 0 Å². The van der Waals surface area contributed by atoms with Gasteiger partial charge in [0.15, 0.2) is 9.84 Å². The molecule has 3 aromatic rings. The summed E-state index contributed by atoms with van der Waals surface area (Å²) >= 11 is 0. The Morgan fingerprint density at radius 2 is 1.74 bits per heavy atom. The number of carbonyl (C=O) groups excluding carboxylic acids is 3. The van der Waals surface area contributed by atoms with E-state index in [-0.39, 0.29) is 29.8 Å². The number of anilines is 1. The molecule has 3 amide bonds. The van der Waals surface area contributed by atoms with Gasteiger partial charge < -0.3 is 9.80 Å². The van der Waals surface area contributed by atoms with E-state index in [0.717, 1.165) is 34.1 Å². The maximum Gasteiger partial charge on any atom is 0.263 e. The molecule has 0 bridgehead atoms. The van der Waals surface area contributed by atoms with Crippen LogP contribution in [0.3, 0.4) is 0 Å². The fraction of sp³-hybridized carbons (Fsp3) is 0.367. The second-order valence-electron chi connectivity index (χ2n) is 10.9. The second kappa shape index (κ2) is 9.79. The lowest BCUT2D eigenvalue weighted by Gasteiger charge is -2.36. The van der Waals surface area contributed by atoms with Gasteiger partial charge in [-0.25, -0.2) is 8.42 Å². The minimum atomic E-state index is -3.26. The summed E-state index contributed by atoms with van der Waals surface area (Å²) in [5, 5.41) is 2.27. The molecule has 0 radical (unpaired) electrons. The van der Waals surface area contributed by atoms with E-state index in [9.17, 15) is 22.8 Å². The Hall–Kier alpha value is -3.72. The molecule has 0 aliphatic carbocycles. The Morgan fingerprint density at radius 3 is 2.54 bits per heavy atom. The van der Waals surface area contributed by atoms with Gasteiger partial charge in [-0.2, -0.15) is 0 Å². The van der Waals surface area contributed by atoms with Crippen LogP contribution >= 0.6 is 0 Å². The fourth-order valence-electron chi connectivity index (χ4n) is 6.33. The third-order valence-corrected chi connectivity index (χ3v) is 10.0. The molecular formula is C30H31N3O5S. The summed E-state index contributed by atoms with van der Waals surface area (Å²) in [6, 6.07) is 18.9. The Balaban J connectivity index is 1.21. The highest BCUT2D eigenvalue weighted by atomic mass is 32.2. The van der Waals surface area contributed by atoms with Crippen LogP contribution in [0.2, 0.25) is 0 Å². The number of hydrogen-bond acceptors (Lipinski definition) is 6. The highest BCUT2D eigenvalue weighted by Gasteiger charge is 2.46. The van der Waals surface area contributed by atoms with Gasteiger partial charge in [-0.15, -0.1) is 0 Å². The van der Waals surface area contributed by atoms with Crippen molar-refractivity contribution in [2.24, 2.45) is 5.92 Å². The summed E-state index contributed by atoms with van der Waals surface area (Å²) in [5.74, 6) is -1.25. The zero-order chi connectivity index (χ0) is 27.3. The Labute approximate surface area is 228 Å². The number of fused-ring (bicyclic) bond motifs is 2. The van der Waals surface area contributed by atoms with Gasteiger partial charge in [0, 0.05) is 26.7 Å². The maximum absolute atomic E-state index is 13.6. The number of amides is 3. The van der Waals surface area contributed by atoms with E-state index in [4.69, 9.17) is 0 Å². The zero-order valence-electron chi connectivity index (χ0n) is 21.9. The summed E-state index contributed by atoms with van der Waals surface area (Å²) in [4.78, 5) is 45.2. The fourth-order valence-corrected chi connectivity index (χ4v) is 8.03. The molecule has 2 saturated heterocycles. The predicted molar refractivity (Wildman–Crippen MR) is 149 cm³/mol. The number of imide groups is 1. The van der Waals surface area contributed by atoms with Crippen molar-refractivity contribution in [3.63, 3.8) is 0 Å². The van der Waals surface area contributed by atoms with E-state index in [1.54, 1.807) is 17.0 Å². The molecule has 0 spiro atoms. The van der Waals surface area contributed by atoms with E-state index in [2.05, 4.69) is 24.3 Å². The van der Waals surface area contributed by atoms with Crippen LogP contribution < -0.4 is 4.90 Å². The standard InChI is InChI=1S/C30H31N3O5S/c1-31(17-21-9-4-8-20-7-2-3-11-24(20)21)28(34)22-10-6-15-32(18-22)26-13-5-12-25-27(26)30(36)33(29(25)35)23-14-16-39(37,38)19-23/h2-5,7-9,11-13,22-23H,6,10,14-19H2,1H3/t22-,23-/m0/s1. The van der Waals surface area contributed by atoms with E-state index in [0.29, 0.717) is 36.4 Å². The molecule has 0 N–H and O–H groups in total. The number of sulfone groups is 1. The molecule has 202 valence electrons. The van der Waals surface area contributed by atoms with Crippen molar-refractivity contribution in [1.29, 1.82) is 0 Å². The molecule has 0 saturated carbocycles. The predicted octanol–water partition coefficient (Wildman–Crippen LogP) is 3.50. The molecule has 3 aliphatic rings. The third-order valence-electron chi connectivity index (χ3n) is 8.27. The first kappa shape index (κ1) is 25.6. The topological polar surface area (TPSA) is 95.1 Å². The number of rotatable bonds is 5. The quantitative estimate of drug-likeness (QED) is 0.456. The molecule has 0 unspecified atom stereocenters. The monoisotopic (exact) mass is 545 g/mol. The third kappa shape index (κ3) is 4.58. The van der Waals surface area contributed by atoms with Crippen molar-refractivity contribution < 1.29 is 22.8 Å². The molecule has 39 heavy (non-hydrogen) atoms. The normalized spacial score (nSPS) is 22.4. The molecule has 0 aromatic heterocycles. The van der Waals surface area contributed by atoms with E-state index in [1.165, 1.54) is 0 Å². The number of hydrogen-bond donors (Lipinski definition) is 0. The molecule has 6 rings (SSSR count). The molecule has 3 aliphatic heterocycles. The number of carbonyl (C=O) groups is 3. The van der Waals surface area contributed by atoms with Crippen molar-refractivity contribution in [2.75, 3.05) is 36.5 Å². The largest absolute Gasteiger partial charge is 0.370 e. The van der Waals surface area contributed by atoms with Crippen molar-refractivity contribution in [1.82, 2.24) is 9.80 Å². The molecule has 2 atom stereocenters. The summed E-state index contributed by atoms with van der Waals surface area (Å²) in [6.45, 7) is 1.63. The average molecular weight is 546 g/mol. The first-order chi connectivity index (χ1) is 18.7. The first-order valence-electron chi connectivity index (χ1n) is 13.4. The lowest BCUT2D eigenvalue weighted by molar-refractivity contribution is -0.135. The number of benzene rings is 3. The van der Waals surface area contributed by atoms with Gasteiger partial charge in [-0.05, 0) is 47.7 Å². The molecule has 3 heterocycles. The van der Waals surface area contributed by atoms with Crippen LogP contribution in [0.5, 0.6) is 0 Å².